The summed E-state index contributed by atoms with van der Waals surface area (Å²) in [5, 5.41) is 0. The summed E-state index contributed by atoms with van der Waals surface area (Å²) in [7, 11) is 0. The van der Waals surface area contributed by atoms with E-state index in [2.05, 4.69) is 32.9 Å². The monoisotopic (exact) mass is 354 g/mol. The molecule has 3 nitrogen and oxygen atoms in total. The van der Waals surface area contributed by atoms with Crippen molar-refractivity contribution in [2.75, 3.05) is 0 Å². The summed E-state index contributed by atoms with van der Waals surface area (Å²) in [6, 6.07) is 16.5. The molecule has 0 saturated carbocycles. The molecule has 0 unspecified atom stereocenters. The van der Waals surface area contributed by atoms with Crippen molar-refractivity contribution in [1.29, 1.82) is 0 Å². The van der Waals surface area contributed by atoms with E-state index in [1.807, 2.05) is 36.4 Å². The summed E-state index contributed by atoms with van der Waals surface area (Å²) >= 11 is 0. The highest BCUT2D eigenvalue weighted by atomic mass is 16.5. The van der Waals surface area contributed by atoms with Gasteiger partial charge in [-0.3, -0.25) is 0 Å². The molecule has 0 amide bonds. The van der Waals surface area contributed by atoms with Gasteiger partial charge in [-0.2, -0.15) is 0 Å². The van der Waals surface area contributed by atoms with Gasteiger partial charge in [0.05, 0.1) is 0 Å². The second-order valence-electron chi connectivity index (χ2n) is 8.82. The van der Waals surface area contributed by atoms with Gasteiger partial charge in [0.15, 0.2) is 0 Å². The SMILES string of the molecule is CC(C)(C)Cc1cc2c3c(c1)Oc1cccc4c1B3c1c(cccc1O2)O4. The van der Waals surface area contributed by atoms with E-state index in [9.17, 15) is 0 Å². The van der Waals surface area contributed by atoms with Crippen LogP contribution in [-0.2, 0) is 6.42 Å². The van der Waals surface area contributed by atoms with Crippen molar-refractivity contribution in [1.82, 2.24) is 0 Å². The molecule has 0 N–H and O–H groups in total. The van der Waals surface area contributed by atoms with E-state index in [0.717, 1.165) is 57.3 Å². The third-order valence-corrected chi connectivity index (χ3v) is 5.48. The summed E-state index contributed by atoms with van der Waals surface area (Å²) in [5.41, 5.74) is 4.77. The van der Waals surface area contributed by atoms with Crippen LogP contribution in [0.25, 0.3) is 0 Å². The topological polar surface area (TPSA) is 27.7 Å². The standard InChI is InChI=1S/C23H19BO3/c1-23(2,3)12-13-10-18-22-19(11-13)27-17-9-5-7-15-21(17)24(22)20-14(25-15)6-4-8-16(20)26-18/h4-11H,12H2,1-3H3. The third kappa shape index (κ3) is 2.10. The number of hydrogen-bond donors (Lipinski definition) is 0. The molecule has 3 aliphatic heterocycles. The lowest BCUT2D eigenvalue weighted by molar-refractivity contribution is 0.406. The lowest BCUT2D eigenvalue weighted by Gasteiger charge is -2.37. The van der Waals surface area contributed by atoms with Gasteiger partial charge in [-0.05, 0) is 53.8 Å². The minimum Gasteiger partial charge on any atom is -0.458 e. The predicted molar refractivity (Wildman–Crippen MR) is 107 cm³/mol. The maximum atomic E-state index is 6.34. The predicted octanol–water partition coefficient (Wildman–Crippen LogP) is 4.11. The highest BCUT2D eigenvalue weighted by Gasteiger charge is 2.46. The van der Waals surface area contributed by atoms with Gasteiger partial charge in [0, 0.05) is 16.4 Å². The molecule has 0 atom stereocenters. The van der Waals surface area contributed by atoms with Gasteiger partial charge in [-0.1, -0.05) is 32.9 Å². The van der Waals surface area contributed by atoms with Crippen LogP contribution in [0.5, 0.6) is 34.5 Å². The second-order valence-corrected chi connectivity index (χ2v) is 8.82. The summed E-state index contributed by atoms with van der Waals surface area (Å²) in [6.07, 6.45) is 0.966. The average Bonchev–Trinajstić information content (AvgIpc) is 2.60. The first-order valence-electron chi connectivity index (χ1n) is 9.44. The molecule has 0 fully saturated rings. The molecule has 3 aliphatic rings. The first-order chi connectivity index (χ1) is 13.0. The molecule has 3 heterocycles. The van der Waals surface area contributed by atoms with Gasteiger partial charge in [0.2, 0.25) is 0 Å². The van der Waals surface area contributed by atoms with E-state index in [4.69, 9.17) is 14.2 Å². The molecule has 27 heavy (non-hydrogen) atoms. The van der Waals surface area contributed by atoms with Crippen LogP contribution in [0.15, 0.2) is 48.5 Å². The maximum absolute atomic E-state index is 6.34. The second kappa shape index (κ2) is 4.89. The van der Waals surface area contributed by atoms with Crippen LogP contribution < -0.4 is 30.6 Å². The molecule has 0 bridgehead atoms. The fourth-order valence-electron chi connectivity index (χ4n) is 4.58. The van der Waals surface area contributed by atoms with Crippen LogP contribution in [0.4, 0.5) is 0 Å². The van der Waals surface area contributed by atoms with E-state index < -0.39 is 0 Å². The fraction of sp³-hybridized carbons (Fsp3) is 0.217. The Morgan fingerprint density at radius 1 is 0.667 bits per heavy atom. The van der Waals surface area contributed by atoms with Gasteiger partial charge in [-0.25, -0.2) is 0 Å². The Morgan fingerprint density at radius 3 is 1.52 bits per heavy atom. The summed E-state index contributed by atoms with van der Waals surface area (Å²) in [6.45, 7) is 6.86. The van der Waals surface area contributed by atoms with Crippen LogP contribution in [0, 0.1) is 5.41 Å². The summed E-state index contributed by atoms with van der Waals surface area (Å²) in [4.78, 5) is 0. The Morgan fingerprint density at radius 2 is 1.07 bits per heavy atom. The maximum Gasteiger partial charge on any atom is 0.270 e. The first kappa shape index (κ1) is 15.2. The number of rotatable bonds is 1. The highest BCUT2D eigenvalue weighted by molar-refractivity contribution is 6.99. The number of ether oxygens (including phenoxy) is 3. The van der Waals surface area contributed by atoms with Crippen LogP contribution >= 0.6 is 0 Å². The molecule has 4 heteroatoms. The largest absolute Gasteiger partial charge is 0.458 e. The van der Waals surface area contributed by atoms with Crippen molar-refractivity contribution in [3.8, 4) is 34.5 Å². The van der Waals surface area contributed by atoms with E-state index >= 15 is 0 Å². The molecule has 0 spiro atoms. The normalized spacial score (nSPS) is 14.7. The summed E-state index contributed by atoms with van der Waals surface area (Å²) < 4.78 is 18.9. The quantitative estimate of drug-likeness (QED) is 0.416. The van der Waals surface area contributed by atoms with Gasteiger partial charge >= 0.3 is 0 Å². The Balaban J connectivity index is 1.64. The first-order valence-corrected chi connectivity index (χ1v) is 9.44. The van der Waals surface area contributed by atoms with Crippen molar-refractivity contribution >= 4 is 23.1 Å². The minimum absolute atomic E-state index is 0.104. The highest BCUT2D eigenvalue weighted by Crippen LogP contribution is 2.42. The zero-order valence-corrected chi connectivity index (χ0v) is 15.6. The fourth-order valence-corrected chi connectivity index (χ4v) is 4.58. The molecule has 0 saturated heterocycles. The van der Waals surface area contributed by atoms with Crippen LogP contribution in [0.1, 0.15) is 26.3 Å². The zero-order valence-electron chi connectivity index (χ0n) is 15.6. The van der Waals surface area contributed by atoms with Crippen LogP contribution in [-0.4, -0.2) is 6.71 Å². The van der Waals surface area contributed by atoms with Gasteiger partial charge in [-0.15, -0.1) is 0 Å². The van der Waals surface area contributed by atoms with Gasteiger partial charge < -0.3 is 14.2 Å². The minimum atomic E-state index is 0.104. The van der Waals surface area contributed by atoms with E-state index in [-0.39, 0.29) is 12.1 Å². The molecule has 0 aliphatic carbocycles. The zero-order chi connectivity index (χ0) is 18.3. The molecule has 0 aromatic heterocycles. The van der Waals surface area contributed by atoms with Gasteiger partial charge in [0.25, 0.3) is 6.71 Å². The van der Waals surface area contributed by atoms with Crippen molar-refractivity contribution in [3.63, 3.8) is 0 Å². The van der Waals surface area contributed by atoms with Crippen molar-refractivity contribution < 1.29 is 14.2 Å². The number of benzene rings is 3. The average molecular weight is 354 g/mol. The Labute approximate surface area is 159 Å². The van der Waals surface area contributed by atoms with Gasteiger partial charge in [0.1, 0.15) is 34.5 Å². The van der Waals surface area contributed by atoms with Crippen molar-refractivity contribution in [3.05, 3.63) is 54.1 Å². The smallest absolute Gasteiger partial charge is 0.270 e. The Kier molecular flexibility index (Phi) is 2.75. The molecular formula is C23H19BO3. The molecule has 6 rings (SSSR count). The molecule has 3 aromatic carbocycles. The number of hydrogen-bond acceptors (Lipinski definition) is 3. The third-order valence-electron chi connectivity index (χ3n) is 5.48. The lowest BCUT2D eigenvalue weighted by atomic mass is 9.34. The van der Waals surface area contributed by atoms with E-state index in [0.29, 0.717) is 0 Å². The molecular weight excluding hydrogens is 335 g/mol. The lowest BCUT2D eigenvalue weighted by Crippen LogP contribution is -2.59. The van der Waals surface area contributed by atoms with E-state index in [1.54, 1.807) is 0 Å². The van der Waals surface area contributed by atoms with Crippen LogP contribution in [0.2, 0.25) is 0 Å². The molecule has 132 valence electrons. The summed E-state index contributed by atoms with van der Waals surface area (Å²) in [5.74, 6) is 5.32. The Hall–Kier alpha value is -2.88. The Bertz CT molecular complexity index is 1050. The van der Waals surface area contributed by atoms with Crippen molar-refractivity contribution in [2.45, 2.75) is 27.2 Å². The molecule has 0 radical (unpaired) electrons. The molecule has 3 aromatic rings. The van der Waals surface area contributed by atoms with Crippen LogP contribution in [0.3, 0.4) is 0 Å². The van der Waals surface area contributed by atoms with Crippen molar-refractivity contribution in [2.24, 2.45) is 5.41 Å². The van der Waals surface area contributed by atoms with E-state index in [1.165, 1.54) is 5.56 Å².